The molecule has 2 rings (SSSR count). The van der Waals surface area contributed by atoms with Gasteiger partial charge in [-0.2, -0.15) is 0 Å². The van der Waals surface area contributed by atoms with Crippen molar-refractivity contribution < 1.29 is 4.79 Å². The predicted octanol–water partition coefficient (Wildman–Crippen LogP) is 3.57. The van der Waals surface area contributed by atoms with Crippen molar-refractivity contribution >= 4 is 23.6 Å². The summed E-state index contributed by atoms with van der Waals surface area (Å²) in [5, 5.41) is 0.575. The number of halogens is 1. The zero-order valence-electron chi connectivity index (χ0n) is 10.7. The lowest BCUT2D eigenvalue weighted by Crippen LogP contribution is -2.23. The topological polar surface area (TPSA) is 33.2 Å². The second kappa shape index (κ2) is 6.34. The van der Waals surface area contributed by atoms with Gasteiger partial charge in [-0.15, -0.1) is 0 Å². The maximum absolute atomic E-state index is 11.2. The molecule has 2 aromatic rings. The number of hydrogen-bond donors (Lipinski definition) is 0. The Labute approximate surface area is 117 Å². The number of aldehydes is 1. The van der Waals surface area contributed by atoms with Crippen molar-refractivity contribution in [2.24, 2.45) is 0 Å². The number of carbonyl (C=O) groups is 1. The molecular weight excluding hydrogens is 260 g/mol. The van der Waals surface area contributed by atoms with Gasteiger partial charge in [-0.1, -0.05) is 11.6 Å². The van der Waals surface area contributed by atoms with Gasteiger partial charge in [0.2, 0.25) is 0 Å². The minimum absolute atomic E-state index is 0.575. The fraction of sp³-hybridized carbons (Fsp3) is 0.200. The van der Waals surface area contributed by atoms with Crippen molar-refractivity contribution in [3.8, 4) is 0 Å². The first kappa shape index (κ1) is 13.6. The number of pyridine rings is 1. The van der Waals surface area contributed by atoms with Crippen LogP contribution < -0.4 is 4.90 Å². The van der Waals surface area contributed by atoms with Crippen LogP contribution >= 0.6 is 11.6 Å². The van der Waals surface area contributed by atoms with Gasteiger partial charge in [0.1, 0.15) is 0 Å². The second-order valence-electron chi connectivity index (χ2n) is 4.19. The number of rotatable bonds is 5. The molecule has 19 heavy (non-hydrogen) atoms. The number of benzene rings is 1. The highest BCUT2D eigenvalue weighted by molar-refractivity contribution is 6.31. The monoisotopic (exact) mass is 274 g/mol. The third kappa shape index (κ3) is 3.32. The molecule has 0 spiro atoms. The zero-order chi connectivity index (χ0) is 13.7. The van der Waals surface area contributed by atoms with E-state index in [1.54, 1.807) is 24.5 Å². The van der Waals surface area contributed by atoms with Gasteiger partial charge >= 0.3 is 0 Å². The Bertz CT molecular complexity index is 557. The first-order valence-electron chi connectivity index (χ1n) is 6.13. The summed E-state index contributed by atoms with van der Waals surface area (Å²) in [5.41, 5.74) is 2.67. The molecule has 1 aromatic carbocycles. The predicted molar refractivity (Wildman–Crippen MR) is 77.8 cm³/mol. The van der Waals surface area contributed by atoms with Crippen LogP contribution in [0.3, 0.4) is 0 Å². The van der Waals surface area contributed by atoms with Crippen LogP contribution in [0.1, 0.15) is 22.8 Å². The van der Waals surface area contributed by atoms with Crippen LogP contribution in [0.15, 0.2) is 42.7 Å². The molecule has 0 saturated carbocycles. The van der Waals surface area contributed by atoms with Crippen molar-refractivity contribution in [2.45, 2.75) is 13.5 Å². The fourth-order valence-corrected chi connectivity index (χ4v) is 2.16. The molecule has 0 atom stereocenters. The summed E-state index contributed by atoms with van der Waals surface area (Å²) in [5.74, 6) is 0. The second-order valence-corrected chi connectivity index (χ2v) is 4.63. The first-order valence-corrected chi connectivity index (χ1v) is 6.51. The lowest BCUT2D eigenvalue weighted by molar-refractivity contribution is 0.112. The van der Waals surface area contributed by atoms with E-state index >= 15 is 0 Å². The molecule has 4 heteroatoms. The summed E-state index contributed by atoms with van der Waals surface area (Å²) >= 11 is 5.92. The summed E-state index contributed by atoms with van der Waals surface area (Å²) in [4.78, 5) is 17.3. The van der Waals surface area contributed by atoms with Crippen molar-refractivity contribution in [1.82, 2.24) is 4.98 Å². The SMILES string of the molecule is CCN(Cc1ccncc1)c1ccc(Cl)cc1C=O. The van der Waals surface area contributed by atoms with Crippen LogP contribution in [-0.2, 0) is 6.54 Å². The zero-order valence-corrected chi connectivity index (χ0v) is 11.5. The lowest BCUT2D eigenvalue weighted by Gasteiger charge is -2.24. The molecule has 0 aliphatic carbocycles. The standard InChI is InChI=1S/C15H15ClN2O/c1-2-18(10-12-5-7-17-8-6-12)15-4-3-14(16)9-13(15)11-19/h3-9,11H,2,10H2,1H3. The van der Waals surface area contributed by atoms with E-state index in [9.17, 15) is 4.79 Å². The Morgan fingerprint density at radius 2 is 2.00 bits per heavy atom. The highest BCUT2D eigenvalue weighted by Gasteiger charge is 2.10. The fourth-order valence-electron chi connectivity index (χ4n) is 1.98. The van der Waals surface area contributed by atoms with Crippen LogP contribution in [0.5, 0.6) is 0 Å². The van der Waals surface area contributed by atoms with Crippen LogP contribution in [0.2, 0.25) is 5.02 Å². The quantitative estimate of drug-likeness (QED) is 0.782. The summed E-state index contributed by atoms with van der Waals surface area (Å²) in [6.45, 7) is 3.61. The highest BCUT2D eigenvalue weighted by atomic mass is 35.5. The summed E-state index contributed by atoms with van der Waals surface area (Å²) < 4.78 is 0. The van der Waals surface area contributed by atoms with Crippen molar-refractivity contribution in [3.05, 3.63) is 58.9 Å². The minimum atomic E-state index is 0.575. The van der Waals surface area contributed by atoms with Gasteiger partial charge in [-0.05, 0) is 42.8 Å². The van der Waals surface area contributed by atoms with E-state index < -0.39 is 0 Å². The van der Waals surface area contributed by atoms with E-state index in [1.165, 1.54) is 0 Å². The van der Waals surface area contributed by atoms with Gasteiger partial charge in [0.25, 0.3) is 0 Å². The van der Waals surface area contributed by atoms with E-state index in [-0.39, 0.29) is 0 Å². The molecule has 1 heterocycles. The number of aromatic nitrogens is 1. The molecule has 0 aliphatic rings. The normalized spacial score (nSPS) is 10.2. The molecule has 0 aliphatic heterocycles. The van der Waals surface area contributed by atoms with Crippen LogP contribution in [0.25, 0.3) is 0 Å². The molecule has 3 nitrogen and oxygen atoms in total. The minimum Gasteiger partial charge on any atom is -0.367 e. The molecule has 0 N–H and O–H groups in total. The molecule has 0 fully saturated rings. The van der Waals surface area contributed by atoms with Gasteiger partial charge in [0, 0.05) is 41.8 Å². The largest absolute Gasteiger partial charge is 0.367 e. The number of hydrogen-bond acceptors (Lipinski definition) is 3. The maximum atomic E-state index is 11.2. The third-order valence-electron chi connectivity index (χ3n) is 2.96. The van der Waals surface area contributed by atoms with Gasteiger partial charge < -0.3 is 4.90 Å². The van der Waals surface area contributed by atoms with E-state index in [1.807, 2.05) is 18.2 Å². The summed E-state index contributed by atoms with van der Waals surface area (Å²) in [7, 11) is 0. The van der Waals surface area contributed by atoms with Crippen molar-refractivity contribution in [1.29, 1.82) is 0 Å². The molecule has 0 saturated heterocycles. The van der Waals surface area contributed by atoms with E-state index in [2.05, 4.69) is 16.8 Å². The van der Waals surface area contributed by atoms with E-state index in [4.69, 9.17) is 11.6 Å². The summed E-state index contributed by atoms with van der Waals surface area (Å²) in [6, 6.07) is 9.33. The molecule has 0 amide bonds. The highest BCUT2D eigenvalue weighted by Crippen LogP contribution is 2.24. The third-order valence-corrected chi connectivity index (χ3v) is 3.20. The molecular formula is C15H15ClN2O. The van der Waals surface area contributed by atoms with Crippen LogP contribution in [0, 0.1) is 0 Å². The maximum Gasteiger partial charge on any atom is 0.152 e. The molecule has 1 aromatic heterocycles. The van der Waals surface area contributed by atoms with Crippen molar-refractivity contribution in [3.63, 3.8) is 0 Å². The number of nitrogens with zero attached hydrogens (tertiary/aromatic N) is 2. The van der Waals surface area contributed by atoms with E-state index in [0.717, 1.165) is 30.6 Å². The average Bonchev–Trinajstić information content (AvgIpc) is 2.46. The Morgan fingerprint density at radius 3 is 2.63 bits per heavy atom. The van der Waals surface area contributed by atoms with Crippen LogP contribution in [-0.4, -0.2) is 17.8 Å². The Kier molecular flexibility index (Phi) is 4.53. The van der Waals surface area contributed by atoms with Gasteiger partial charge in [-0.3, -0.25) is 9.78 Å². The van der Waals surface area contributed by atoms with Gasteiger partial charge in [0.05, 0.1) is 0 Å². The first-order chi connectivity index (χ1) is 9.24. The Hall–Kier alpha value is -1.87. The Morgan fingerprint density at radius 1 is 1.26 bits per heavy atom. The smallest absolute Gasteiger partial charge is 0.152 e. The summed E-state index contributed by atoms with van der Waals surface area (Å²) in [6.07, 6.45) is 4.38. The van der Waals surface area contributed by atoms with Gasteiger partial charge in [0.15, 0.2) is 6.29 Å². The average molecular weight is 275 g/mol. The van der Waals surface area contributed by atoms with Crippen molar-refractivity contribution in [2.75, 3.05) is 11.4 Å². The molecule has 0 unspecified atom stereocenters. The Balaban J connectivity index is 2.29. The van der Waals surface area contributed by atoms with E-state index in [0.29, 0.717) is 10.6 Å². The lowest BCUT2D eigenvalue weighted by atomic mass is 10.1. The molecule has 0 radical (unpaired) electrons. The molecule has 98 valence electrons. The number of carbonyl (C=O) groups excluding carboxylic acids is 1. The molecule has 0 bridgehead atoms. The number of anilines is 1. The van der Waals surface area contributed by atoms with Crippen LogP contribution in [0.4, 0.5) is 5.69 Å². The van der Waals surface area contributed by atoms with Gasteiger partial charge in [-0.25, -0.2) is 0 Å².